The predicted octanol–water partition coefficient (Wildman–Crippen LogP) is 4.57. The van der Waals surface area contributed by atoms with Crippen molar-refractivity contribution < 1.29 is 22.4 Å². The molecular formula is C26H28FN3O4S. The van der Waals surface area contributed by atoms with E-state index >= 15 is 0 Å². The Morgan fingerprint density at radius 1 is 0.914 bits per heavy atom. The summed E-state index contributed by atoms with van der Waals surface area (Å²) in [4.78, 5) is 25.3. The molecule has 7 nitrogen and oxygen atoms in total. The van der Waals surface area contributed by atoms with Gasteiger partial charge in [0.2, 0.25) is 10.0 Å². The highest BCUT2D eigenvalue weighted by Crippen LogP contribution is 2.23. The van der Waals surface area contributed by atoms with Crippen molar-refractivity contribution in [2.75, 3.05) is 22.4 Å². The molecule has 2 N–H and O–H groups in total. The molecule has 3 aromatic carbocycles. The van der Waals surface area contributed by atoms with Crippen molar-refractivity contribution in [3.05, 3.63) is 95.3 Å². The van der Waals surface area contributed by atoms with Crippen LogP contribution in [0.3, 0.4) is 0 Å². The van der Waals surface area contributed by atoms with Crippen LogP contribution in [0.4, 0.5) is 15.8 Å². The summed E-state index contributed by atoms with van der Waals surface area (Å²) in [7, 11) is -3.64. The van der Waals surface area contributed by atoms with Crippen LogP contribution >= 0.6 is 0 Å². The number of rotatable bonds is 10. The number of para-hydroxylation sites is 1. The van der Waals surface area contributed by atoms with Gasteiger partial charge in [-0.1, -0.05) is 37.6 Å². The minimum absolute atomic E-state index is 0.0190. The topological polar surface area (TPSA) is 95.6 Å². The molecule has 0 unspecified atom stereocenters. The lowest BCUT2D eigenvalue weighted by Crippen LogP contribution is -2.29. The number of unbranched alkanes of at least 4 members (excludes halogenated alkanes) is 1. The zero-order valence-electron chi connectivity index (χ0n) is 19.6. The van der Waals surface area contributed by atoms with Crippen LogP contribution in [0, 0.1) is 5.82 Å². The Hall–Kier alpha value is -3.72. The minimum atomic E-state index is -3.64. The van der Waals surface area contributed by atoms with E-state index in [0.717, 1.165) is 19.1 Å². The molecule has 0 fully saturated rings. The highest BCUT2D eigenvalue weighted by molar-refractivity contribution is 7.92. The number of carbonyl (C=O) groups is 2. The van der Waals surface area contributed by atoms with Crippen LogP contribution in [0.25, 0.3) is 0 Å². The van der Waals surface area contributed by atoms with E-state index in [0.29, 0.717) is 34.6 Å². The number of anilines is 2. The second-order valence-electron chi connectivity index (χ2n) is 8.05. The van der Waals surface area contributed by atoms with Gasteiger partial charge in [0.05, 0.1) is 29.7 Å². The van der Waals surface area contributed by atoms with Gasteiger partial charge in [-0.15, -0.1) is 0 Å². The van der Waals surface area contributed by atoms with Gasteiger partial charge in [-0.3, -0.25) is 13.9 Å². The van der Waals surface area contributed by atoms with Crippen molar-refractivity contribution in [3.8, 4) is 0 Å². The lowest BCUT2D eigenvalue weighted by atomic mass is 10.1. The Kier molecular flexibility index (Phi) is 8.59. The monoisotopic (exact) mass is 497 g/mol. The van der Waals surface area contributed by atoms with Crippen LogP contribution in [0.1, 0.15) is 46.0 Å². The smallest absolute Gasteiger partial charge is 0.255 e. The van der Waals surface area contributed by atoms with Crippen LogP contribution in [-0.4, -0.2) is 33.0 Å². The molecule has 0 saturated carbocycles. The van der Waals surface area contributed by atoms with E-state index in [-0.39, 0.29) is 12.5 Å². The molecule has 2 amide bonds. The number of nitrogens with zero attached hydrogens (tertiary/aromatic N) is 1. The summed E-state index contributed by atoms with van der Waals surface area (Å²) >= 11 is 0. The van der Waals surface area contributed by atoms with Gasteiger partial charge >= 0.3 is 0 Å². The highest BCUT2D eigenvalue weighted by atomic mass is 32.2. The minimum Gasteiger partial charge on any atom is -0.352 e. The first kappa shape index (κ1) is 25.9. The van der Waals surface area contributed by atoms with Crippen molar-refractivity contribution >= 4 is 33.2 Å². The zero-order chi connectivity index (χ0) is 25.4. The van der Waals surface area contributed by atoms with E-state index in [4.69, 9.17) is 0 Å². The van der Waals surface area contributed by atoms with Crippen molar-refractivity contribution in [1.29, 1.82) is 0 Å². The fourth-order valence-electron chi connectivity index (χ4n) is 3.39. The van der Waals surface area contributed by atoms with Gasteiger partial charge in [-0.2, -0.15) is 0 Å². The van der Waals surface area contributed by atoms with E-state index in [9.17, 15) is 22.4 Å². The Morgan fingerprint density at radius 2 is 1.57 bits per heavy atom. The first-order valence-corrected chi connectivity index (χ1v) is 13.0. The molecule has 0 radical (unpaired) electrons. The summed E-state index contributed by atoms with van der Waals surface area (Å²) < 4.78 is 39.2. The maximum atomic E-state index is 13.2. The number of carbonyl (C=O) groups excluding carboxylic acids is 2. The molecule has 3 rings (SSSR count). The Labute approximate surface area is 205 Å². The van der Waals surface area contributed by atoms with Crippen molar-refractivity contribution in [2.24, 2.45) is 0 Å². The number of benzene rings is 3. The Morgan fingerprint density at radius 3 is 2.20 bits per heavy atom. The van der Waals surface area contributed by atoms with Gasteiger partial charge in [-0.05, 0) is 60.5 Å². The quantitative estimate of drug-likeness (QED) is 0.401. The fraction of sp³-hybridized carbons (Fsp3) is 0.231. The molecule has 0 aliphatic rings. The molecule has 9 heteroatoms. The lowest BCUT2D eigenvalue weighted by molar-refractivity contribution is 0.0954. The number of hydrogen-bond acceptors (Lipinski definition) is 4. The van der Waals surface area contributed by atoms with Gasteiger partial charge in [0.15, 0.2) is 0 Å². The molecule has 35 heavy (non-hydrogen) atoms. The zero-order valence-corrected chi connectivity index (χ0v) is 20.4. The maximum Gasteiger partial charge on any atom is 0.255 e. The van der Waals surface area contributed by atoms with Crippen LogP contribution < -0.4 is 14.9 Å². The summed E-state index contributed by atoms with van der Waals surface area (Å²) in [6, 6.07) is 18.4. The van der Waals surface area contributed by atoms with Gasteiger partial charge in [0.1, 0.15) is 5.82 Å². The molecule has 0 aromatic heterocycles. The van der Waals surface area contributed by atoms with Crippen molar-refractivity contribution in [2.45, 2.75) is 26.3 Å². The normalized spacial score (nSPS) is 11.1. The van der Waals surface area contributed by atoms with Crippen LogP contribution in [0.5, 0.6) is 0 Å². The standard InChI is InChI=1S/C26H28FN3O4S/c1-3-4-17-28-26(32)23-7-5-6-8-24(23)29-25(31)20-11-15-22(16-12-20)30(35(2,33)34)18-19-9-13-21(27)14-10-19/h5-16H,3-4,17-18H2,1-2H3,(H,28,32)(H,29,31). The van der Waals surface area contributed by atoms with Gasteiger partial charge in [0, 0.05) is 12.1 Å². The third-order valence-electron chi connectivity index (χ3n) is 5.29. The van der Waals surface area contributed by atoms with E-state index in [1.54, 1.807) is 24.3 Å². The summed E-state index contributed by atoms with van der Waals surface area (Å²) in [6.45, 7) is 2.60. The van der Waals surface area contributed by atoms with E-state index in [1.807, 2.05) is 6.92 Å². The molecule has 0 heterocycles. The average molecular weight is 498 g/mol. The largest absolute Gasteiger partial charge is 0.352 e. The first-order valence-electron chi connectivity index (χ1n) is 11.2. The lowest BCUT2D eigenvalue weighted by Gasteiger charge is -2.23. The average Bonchev–Trinajstić information content (AvgIpc) is 2.83. The predicted molar refractivity (Wildman–Crippen MR) is 136 cm³/mol. The number of nitrogens with one attached hydrogen (secondary N) is 2. The molecule has 0 bridgehead atoms. The molecule has 184 valence electrons. The maximum absolute atomic E-state index is 13.2. The van der Waals surface area contributed by atoms with E-state index in [1.165, 1.54) is 52.8 Å². The van der Waals surface area contributed by atoms with Crippen molar-refractivity contribution in [3.63, 3.8) is 0 Å². The number of amides is 2. The van der Waals surface area contributed by atoms with E-state index in [2.05, 4.69) is 10.6 Å². The molecule has 0 atom stereocenters. The van der Waals surface area contributed by atoms with Gasteiger partial charge in [0.25, 0.3) is 11.8 Å². The highest BCUT2D eigenvalue weighted by Gasteiger charge is 2.19. The third-order valence-corrected chi connectivity index (χ3v) is 6.43. The molecular weight excluding hydrogens is 469 g/mol. The molecule has 0 spiro atoms. The van der Waals surface area contributed by atoms with Crippen molar-refractivity contribution in [1.82, 2.24) is 5.32 Å². The first-order chi connectivity index (χ1) is 16.7. The van der Waals surface area contributed by atoms with Crippen LogP contribution in [0.2, 0.25) is 0 Å². The number of halogens is 1. The molecule has 0 aliphatic carbocycles. The van der Waals surface area contributed by atoms with Gasteiger partial charge < -0.3 is 10.6 Å². The SMILES string of the molecule is CCCCNC(=O)c1ccccc1NC(=O)c1ccc(N(Cc2ccc(F)cc2)S(C)(=O)=O)cc1. The molecule has 3 aromatic rings. The number of hydrogen-bond donors (Lipinski definition) is 2. The molecule has 0 saturated heterocycles. The third kappa shape index (κ3) is 7.13. The summed E-state index contributed by atoms with van der Waals surface area (Å²) in [5.74, 6) is -1.11. The summed E-state index contributed by atoms with van der Waals surface area (Å²) in [6.07, 6.45) is 2.90. The summed E-state index contributed by atoms with van der Waals surface area (Å²) in [5.41, 5.74) is 2.02. The Balaban J connectivity index is 1.76. The number of sulfonamides is 1. The van der Waals surface area contributed by atoms with Gasteiger partial charge in [-0.25, -0.2) is 12.8 Å². The molecule has 0 aliphatic heterocycles. The second-order valence-corrected chi connectivity index (χ2v) is 9.96. The van der Waals surface area contributed by atoms with Crippen LogP contribution in [0.15, 0.2) is 72.8 Å². The Bertz CT molecular complexity index is 1280. The second kappa shape index (κ2) is 11.6. The van der Waals surface area contributed by atoms with E-state index < -0.39 is 21.7 Å². The van der Waals surface area contributed by atoms with Crippen LogP contribution in [-0.2, 0) is 16.6 Å². The fourth-order valence-corrected chi connectivity index (χ4v) is 4.28. The summed E-state index contributed by atoms with van der Waals surface area (Å²) in [5, 5.41) is 5.59.